The number of rotatable bonds is 7. The highest BCUT2D eigenvalue weighted by Crippen LogP contribution is 2.59. The Morgan fingerprint density at radius 3 is 1.00 bits per heavy atom. The van der Waals surface area contributed by atoms with Gasteiger partial charge in [-0.05, 0) is 103 Å². The SMILES string of the molecule is c1ccc(-c2nc(-n3c4ccccc4c4cc5c(cc43)-c3ccccc3C5(c3ccccc3)c3ccccc3)nc(-n3c4ccccc4c4cc5c(cc43)-c3ccccc3C5(c3ccccc3)c3ccccc3)n2)cc1. The van der Waals surface area contributed by atoms with E-state index in [2.05, 4.69) is 276 Å². The second kappa shape index (κ2) is 16.3. The minimum absolute atomic E-state index is 0.545. The number of para-hydroxylation sites is 2. The third-order valence-corrected chi connectivity index (χ3v) is 16.5. The number of aromatic nitrogens is 5. The second-order valence-electron chi connectivity index (χ2n) is 20.2. The summed E-state index contributed by atoms with van der Waals surface area (Å²) in [4.78, 5) is 16.6. The van der Waals surface area contributed by atoms with E-state index in [9.17, 15) is 0 Å². The fourth-order valence-corrected chi connectivity index (χ4v) is 13.5. The molecule has 11 aromatic carbocycles. The van der Waals surface area contributed by atoms with Crippen molar-refractivity contribution < 1.29 is 0 Å². The maximum Gasteiger partial charge on any atom is 0.240 e. The van der Waals surface area contributed by atoms with Crippen molar-refractivity contribution in [1.82, 2.24) is 24.1 Å². The van der Waals surface area contributed by atoms with E-state index in [1.165, 1.54) is 66.8 Å². The van der Waals surface area contributed by atoms with Gasteiger partial charge in [-0.25, -0.2) is 0 Å². The molecule has 0 unspecified atom stereocenters. The minimum Gasteiger partial charge on any atom is -0.278 e. The number of hydrogen-bond donors (Lipinski definition) is 0. The van der Waals surface area contributed by atoms with E-state index in [0.29, 0.717) is 17.7 Å². The molecule has 3 heterocycles. The summed E-state index contributed by atoms with van der Waals surface area (Å²) >= 11 is 0. The van der Waals surface area contributed by atoms with Gasteiger partial charge in [0.2, 0.25) is 11.9 Å². The van der Waals surface area contributed by atoms with Gasteiger partial charge in [-0.2, -0.15) is 15.0 Å². The number of fused-ring (bicyclic) bond motifs is 12. The Morgan fingerprint density at radius 1 is 0.250 bits per heavy atom. The van der Waals surface area contributed by atoms with Gasteiger partial charge in [0.25, 0.3) is 0 Å². The van der Waals surface area contributed by atoms with Crippen LogP contribution in [0.25, 0.3) is 89.2 Å². The fourth-order valence-electron chi connectivity index (χ4n) is 13.5. The van der Waals surface area contributed by atoms with Crippen LogP contribution in [-0.2, 0) is 10.8 Å². The van der Waals surface area contributed by atoms with Crippen molar-refractivity contribution in [3.05, 3.63) is 317 Å². The number of benzene rings is 11. The van der Waals surface area contributed by atoms with Crippen molar-refractivity contribution in [1.29, 1.82) is 0 Å². The van der Waals surface area contributed by atoms with Crippen LogP contribution < -0.4 is 0 Å². The molecule has 354 valence electrons. The number of hydrogen-bond acceptors (Lipinski definition) is 3. The summed E-state index contributed by atoms with van der Waals surface area (Å²) in [6, 6.07) is 99.4. The molecule has 5 nitrogen and oxygen atoms in total. The van der Waals surface area contributed by atoms with E-state index in [1.807, 2.05) is 6.07 Å². The molecular formula is C71H45N5. The standard InChI is InChI=1S/C71H45N5/c1-6-24-46(25-7-1)67-72-68(75-63-40-22-18-36-53(63)57-42-61-55(44-65(57)75)51-34-16-20-38-59(51)70(61,47-26-8-2-9-27-47)48-28-10-3-11-29-48)74-69(73-67)76-64-41-23-19-37-54(64)58-43-62-56(45-66(58)76)52-35-17-21-39-60(52)71(62,49-30-12-4-13-31-49)50-32-14-5-15-33-50/h1-45H. The van der Waals surface area contributed by atoms with Crippen LogP contribution in [0.3, 0.4) is 0 Å². The molecule has 16 rings (SSSR count). The highest BCUT2D eigenvalue weighted by molar-refractivity contribution is 6.13. The van der Waals surface area contributed by atoms with Gasteiger partial charge in [0, 0.05) is 27.1 Å². The van der Waals surface area contributed by atoms with E-state index in [-0.39, 0.29) is 0 Å². The molecule has 5 heteroatoms. The predicted octanol–water partition coefficient (Wildman–Crippen LogP) is 16.5. The molecule has 0 bridgehead atoms. The molecule has 0 spiro atoms. The average molecular weight is 968 g/mol. The molecule has 0 atom stereocenters. The van der Waals surface area contributed by atoms with E-state index in [1.54, 1.807) is 0 Å². The van der Waals surface area contributed by atoms with Gasteiger partial charge < -0.3 is 0 Å². The monoisotopic (exact) mass is 967 g/mol. The maximum absolute atomic E-state index is 5.67. The van der Waals surface area contributed by atoms with Gasteiger partial charge in [-0.15, -0.1) is 0 Å². The number of nitrogens with zero attached hydrogens (tertiary/aromatic N) is 5. The smallest absolute Gasteiger partial charge is 0.240 e. The Labute approximate surface area is 439 Å². The van der Waals surface area contributed by atoms with Gasteiger partial charge in [-0.1, -0.05) is 237 Å². The Balaban J connectivity index is 0.988. The molecule has 0 saturated carbocycles. The van der Waals surface area contributed by atoms with Crippen LogP contribution in [0.4, 0.5) is 0 Å². The summed E-state index contributed by atoms with van der Waals surface area (Å²) in [7, 11) is 0. The van der Waals surface area contributed by atoms with E-state index >= 15 is 0 Å². The first-order valence-electron chi connectivity index (χ1n) is 26.1. The van der Waals surface area contributed by atoms with Crippen LogP contribution in [0.2, 0.25) is 0 Å². The lowest BCUT2D eigenvalue weighted by molar-refractivity contribution is 0.769. The van der Waals surface area contributed by atoms with Gasteiger partial charge in [-0.3, -0.25) is 9.13 Å². The third kappa shape index (κ3) is 5.77. The van der Waals surface area contributed by atoms with Crippen molar-refractivity contribution in [2.45, 2.75) is 10.8 Å². The van der Waals surface area contributed by atoms with E-state index < -0.39 is 10.8 Å². The van der Waals surface area contributed by atoms with Crippen LogP contribution in [0.1, 0.15) is 44.5 Å². The molecular weight excluding hydrogens is 923 g/mol. The van der Waals surface area contributed by atoms with Gasteiger partial charge in [0.1, 0.15) is 0 Å². The van der Waals surface area contributed by atoms with Crippen molar-refractivity contribution >= 4 is 43.6 Å². The minimum atomic E-state index is -0.550. The van der Waals surface area contributed by atoms with Crippen LogP contribution in [0.5, 0.6) is 0 Å². The largest absolute Gasteiger partial charge is 0.278 e. The molecule has 3 aromatic heterocycles. The lowest BCUT2D eigenvalue weighted by Crippen LogP contribution is -2.28. The van der Waals surface area contributed by atoms with Gasteiger partial charge in [0.05, 0.1) is 32.9 Å². The summed E-state index contributed by atoms with van der Waals surface area (Å²) in [6.45, 7) is 0. The van der Waals surface area contributed by atoms with Crippen molar-refractivity contribution in [2.24, 2.45) is 0 Å². The summed E-state index contributed by atoms with van der Waals surface area (Å²) in [5, 5.41) is 4.52. The first-order valence-corrected chi connectivity index (χ1v) is 26.1. The summed E-state index contributed by atoms with van der Waals surface area (Å²) in [5.74, 6) is 1.68. The topological polar surface area (TPSA) is 48.5 Å². The molecule has 2 aliphatic rings. The first-order chi connectivity index (χ1) is 37.7. The second-order valence-corrected chi connectivity index (χ2v) is 20.2. The zero-order valence-corrected chi connectivity index (χ0v) is 41.2. The zero-order valence-electron chi connectivity index (χ0n) is 41.2. The van der Waals surface area contributed by atoms with Crippen molar-refractivity contribution in [2.75, 3.05) is 0 Å². The first kappa shape index (κ1) is 42.5. The van der Waals surface area contributed by atoms with Crippen LogP contribution in [0.15, 0.2) is 273 Å². The van der Waals surface area contributed by atoms with Crippen molar-refractivity contribution in [3.8, 4) is 45.5 Å². The molecule has 0 radical (unpaired) electrons. The normalized spacial score (nSPS) is 13.7. The molecule has 2 aliphatic carbocycles. The Kier molecular flexibility index (Phi) is 9.10. The van der Waals surface area contributed by atoms with E-state index in [4.69, 9.17) is 15.0 Å². The molecule has 76 heavy (non-hydrogen) atoms. The Hall–Kier alpha value is -9.97. The molecule has 0 fully saturated rings. The molecule has 0 aliphatic heterocycles. The average Bonchev–Trinajstić information content (AvgIpc) is 4.39. The van der Waals surface area contributed by atoms with Crippen LogP contribution in [-0.4, -0.2) is 24.1 Å². The Bertz CT molecular complexity index is 4260. The lowest BCUT2D eigenvalue weighted by Gasteiger charge is -2.34. The van der Waals surface area contributed by atoms with Gasteiger partial charge >= 0.3 is 0 Å². The van der Waals surface area contributed by atoms with Crippen LogP contribution >= 0.6 is 0 Å². The maximum atomic E-state index is 5.67. The summed E-state index contributed by atoms with van der Waals surface area (Å²) in [6.07, 6.45) is 0. The molecule has 0 saturated heterocycles. The fraction of sp³-hybridized carbons (Fsp3) is 0.0282. The summed E-state index contributed by atoms with van der Waals surface area (Å²) in [5.41, 5.74) is 18.7. The van der Waals surface area contributed by atoms with Crippen molar-refractivity contribution in [3.63, 3.8) is 0 Å². The van der Waals surface area contributed by atoms with Gasteiger partial charge in [0.15, 0.2) is 5.82 Å². The third-order valence-electron chi connectivity index (χ3n) is 16.5. The van der Waals surface area contributed by atoms with E-state index in [0.717, 1.165) is 49.2 Å². The molecule has 0 N–H and O–H groups in total. The predicted molar refractivity (Wildman–Crippen MR) is 309 cm³/mol. The molecule has 0 amide bonds. The summed E-state index contributed by atoms with van der Waals surface area (Å²) < 4.78 is 4.54. The highest BCUT2D eigenvalue weighted by atomic mass is 15.3. The Morgan fingerprint density at radius 2 is 0.592 bits per heavy atom. The zero-order chi connectivity index (χ0) is 50.0. The quantitative estimate of drug-likeness (QED) is 0.160. The lowest BCUT2D eigenvalue weighted by atomic mass is 9.67. The highest BCUT2D eigenvalue weighted by Gasteiger charge is 2.48. The van der Waals surface area contributed by atoms with Crippen LogP contribution in [0, 0.1) is 0 Å². The molecule has 14 aromatic rings.